The van der Waals surface area contributed by atoms with E-state index in [9.17, 15) is 18.3 Å². The number of sulfonamides is 1. The SMILES string of the molecule is COC[C@H](O)C[C@@H]1CC/C=C/[C@H](OC)[C@@H]2CC[C@H]2CN2C[C@@]3(CCCc4cc(Cl)ccc43)COc3ccc(cc32)C(=O)NS1(=O)=O. The lowest BCUT2D eigenvalue weighted by molar-refractivity contribution is 0.0131. The number of amides is 1. The number of methoxy groups -OCH3 is 2. The van der Waals surface area contributed by atoms with E-state index in [2.05, 4.69) is 27.8 Å². The molecule has 0 aromatic heterocycles. The molecule has 0 radical (unpaired) electrons. The van der Waals surface area contributed by atoms with E-state index in [1.165, 1.54) is 18.2 Å². The van der Waals surface area contributed by atoms with Crippen molar-refractivity contribution in [2.75, 3.05) is 45.4 Å². The second-order valence-corrected chi connectivity index (χ2v) is 15.8. The summed E-state index contributed by atoms with van der Waals surface area (Å²) in [5, 5.41) is 10.2. The molecule has 2 heterocycles. The first-order valence-electron chi connectivity index (χ1n) is 16.4. The van der Waals surface area contributed by atoms with Crippen molar-refractivity contribution in [1.29, 1.82) is 0 Å². The molecule has 2 aromatic rings. The average Bonchev–Trinajstić information content (AvgIpc) is 3.16. The van der Waals surface area contributed by atoms with Gasteiger partial charge in [-0.15, -0.1) is 0 Å². The molecule has 2 N–H and O–H groups in total. The van der Waals surface area contributed by atoms with E-state index in [0.717, 1.165) is 49.4 Å². The van der Waals surface area contributed by atoms with Crippen LogP contribution in [0.5, 0.6) is 5.75 Å². The summed E-state index contributed by atoms with van der Waals surface area (Å²) in [6, 6.07) is 11.4. The van der Waals surface area contributed by atoms with Gasteiger partial charge in [-0.2, -0.15) is 0 Å². The molecule has 6 rings (SSSR count). The molecule has 2 aliphatic heterocycles. The molecular formula is C35H45ClN2O7S. The Kier molecular flexibility index (Phi) is 10.0. The number of aliphatic hydroxyl groups is 1. The molecule has 0 unspecified atom stereocenters. The fourth-order valence-corrected chi connectivity index (χ4v) is 9.60. The number of halogens is 1. The third kappa shape index (κ3) is 6.83. The summed E-state index contributed by atoms with van der Waals surface area (Å²) < 4.78 is 47.1. The van der Waals surface area contributed by atoms with Gasteiger partial charge in [0.15, 0.2) is 0 Å². The number of aryl methyl sites for hydroxylation is 1. The van der Waals surface area contributed by atoms with E-state index in [4.69, 9.17) is 25.8 Å². The van der Waals surface area contributed by atoms with Gasteiger partial charge in [0, 0.05) is 43.3 Å². The Labute approximate surface area is 277 Å². The Hall–Kier alpha value is -2.63. The van der Waals surface area contributed by atoms with Crippen LogP contribution in [-0.2, 0) is 31.3 Å². The number of carbonyl (C=O) groups excluding carboxylic acids is 1. The van der Waals surface area contributed by atoms with Crippen molar-refractivity contribution >= 4 is 33.2 Å². The average molecular weight is 673 g/mol. The molecule has 6 atom stereocenters. The van der Waals surface area contributed by atoms with Gasteiger partial charge in [0.2, 0.25) is 10.0 Å². The van der Waals surface area contributed by atoms with Crippen molar-refractivity contribution < 1.29 is 32.5 Å². The number of nitrogens with zero attached hydrogens (tertiary/aromatic N) is 1. The van der Waals surface area contributed by atoms with E-state index in [1.54, 1.807) is 25.3 Å². The van der Waals surface area contributed by atoms with Crippen molar-refractivity contribution in [3.8, 4) is 5.75 Å². The Morgan fingerprint density at radius 2 is 2.02 bits per heavy atom. The van der Waals surface area contributed by atoms with E-state index in [1.807, 2.05) is 12.1 Å². The Morgan fingerprint density at radius 3 is 2.78 bits per heavy atom. The van der Waals surface area contributed by atoms with Crippen LogP contribution in [0.4, 0.5) is 5.69 Å². The summed E-state index contributed by atoms with van der Waals surface area (Å²) in [4.78, 5) is 15.9. The molecule has 250 valence electrons. The zero-order valence-corrected chi connectivity index (χ0v) is 28.2. The fourth-order valence-electron chi connectivity index (χ4n) is 7.94. The molecule has 1 saturated carbocycles. The summed E-state index contributed by atoms with van der Waals surface area (Å²) in [5.74, 6) is 0.658. The molecule has 1 spiro atoms. The number of carbonyl (C=O) groups is 1. The fraction of sp³-hybridized carbons (Fsp3) is 0.571. The van der Waals surface area contributed by atoms with Crippen LogP contribution in [0.2, 0.25) is 5.02 Å². The van der Waals surface area contributed by atoms with Gasteiger partial charge in [0.1, 0.15) is 5.75 Å². The minimum atomic E-state index is -4.13. The van der Waals surface area contributed by atoms with Gasteiger partial charge in [-0.3, -0.25) is 4.79 Å². The van der Waals surface area contributed by atoms with Gasteiger partial charge in [0.05, 0.1) is 36.4 Å². The first kappa shape index (κ1) is 33.3. The second-order valence-electron chi connectivity index (χ2n) is 13.4. The lowest BCUT2D eigenvalue weighted by atomic mass is 9.68. The van der Waals surface area contributed by atoms with Gasteiger partial charge in [-0.25, -0.2) is 13.1 Å². The molecule has 9 nitrogen and oxygen atoms in total. The maximum atomic E-state index is 13.6. The number of hydrogen-bond donors (Lipinski definition) is 2. The van der Waals surface area contributed by atoms with Crippen LogP contribution in [0.15, 0.2) is 48.6 Å². The topological polar surface area (TPSA) is 114 Å². The zero-order valence-electron chi connectivity index (χ0n) is 26.6. The van der Waals surface area contributed by atoms with Crippen LogP contribution in [0, 0.1) is 11.8 Å². The number of rotatable bonds is 5. The predicted molar refractivity (Wildman–Crippen MR) is 178 cm³/mol. The highest BCUT2D eigenvalue weighted by Crippen LogP contribution is 2.47. The summed E-state index contributed by atoms with van der Waals surface area (Å²) in [6.07, 6.45) is 8.67. The van der Waals surface area contributed by atoms with Gasteiger partial charge in [-0.1, -0.05) is 29.8 Å². The third-order valence-corrected chi connectivity index (χ3v) is 12.5. The molecule has 2 aromatic carbocycles. The minimum absolute atomic E-state index is 0.00425. The van der Waals surface area contributed by atoms with Crippen LogP contribution in [-0.4, -0.2) is 77.4 Å². The van der Waals surface area contributed by atoms with E-state index >= 15 is 0 Å². The number of benzene rings is 2. The number of allylic oxidation sites excluding steroid dienone is 1. The van der Waals surface area contributed by atoms with Crippen molar-refractivity contribution in [3.63, 3.8) is 0 Å². The molecule has 1 amide bonds. The number of nitrogens with one attached hydrogen (secondary N) is 1. The Morgan fingerprint density at radius 1 is 1.17 bits per heavy atom. The second kappa shape index (κ2) is 13.8. The maximum Gasteiger partial charge on any atom is 0.264 e. The van der Waals surface area contributed by atoms with Crippen LogP contribution in [0.3, 0.4) is 0 Å². The highest BCUT2D eigenvalue weighted by Gasteiger charge is 2.44. The van der Waals surface area contributed by atoms with Crippen LogP contribution >= 0.6 is 11.6 Å². The van der Waals surface area contributed by atoms with E-state index in [0.29, 0.717) is 37.2 Å². The normalized spacial score (nSPS) is 30.5. The highest BCUT2D eigenvalue weighted by atomic mass is 35.5. The molecular weight excluding hydrogens is 628 g/mol. The monoisotopic (exact) mass is 672 g/mol. The number of fused-ring (bicyclic) bond motifs is 4. The summed E-state index contributed by atoms with van der Waals surface area (Å²) in [7, 11) is -0.943. The van der Waals surface area contributed by atoms with Gasteiger partial charge in [-0.05, 0) is 105 Å². The first-order valence-corrected chi connectivity index (χ1v) is 18.3. The summed E-state index contributed by atoms with van der Waals surface area (Å²) >= 11 is 6.42. The van der Waals surface area contributed by atoms with Crippen LogP contribution in [0.1, 0.15) is 66.4 Å². The standard InChI is InChI=1S/C35H45ClN2O7S/c1-43-20-27(39)18-28-7-3-4-8-32(44-2)29-12-9-25(29)19-38-21-35(15-5-6-23-16-26(36)11-13-30(23)35)22-45-33-14-10-24(17-31(33)38)34(40)37-46(28,41)42/h4,8,10-11,13-14,16-17,25,27-29,32,39H,3,5-7,9,12,15,18-22H2,1-2H3,(H,37,40)/b8-4+/t25-,27+,28-,29+,32-,35-/m0/s1. The van der Waals surface area contributed by atoms with Crippen molar-refractivity contribution in [2.45, 2.75) is 74.2 Å². The van der Waals surface area contributed by atoms with Crippen molar-refractivity contribution in [1.82, 2.24) is 4.72 Å². The molecule has 1 fully saturated rings. The largest absolute Gasteiger partial charge is 0.490 e. The van der Waals surface area contributed by atoms with Gasteiger partial charge >= 0.3 is 0 Å². The molecule has 0 saturated heterocycles. The smallest absolute Gasteiger partial charge is 0.264 e. The first-order chi connectivity index (χ1) is 22.1. The van der Waals surface area contributed by atoms with Crippen molar-refractivity contribution in [3.05, 3.63) is 70.3 Å². The van der Waals surface area contributed by atoms with Crippen LogP contribution < -0.4 is 14.4 Å². The van der Waals surface area contributed by atoms with E-state index in [-0.39, 0.29) is 36.5 Å². The zero-order chi connectivity index (χ0) is 32.5. The molecule has 11 heteroatoms. The molecule has 46 heavy (non-hydrogen) atoms. The lowest BCUT2D eigenvalue weighted by Crippen LogP contribution is -2.49. The van der Waals surface area contributed by atoms with Gasteiger partial charge < -0.3 is 24.2 Å². The van der Waals surface area contributed by atoms with E-state index < -0.39 is 27.3 Å². The number of anilines is 1. The number of aliphatic hydroxyl groups excluding tert-OH is 1. The van der Waals surface area contributed by atoms with Crippen LogP contribution in [0.25, 0.3) is 0 Å². The Balaban J connectivity index is 1.39. The molecule has 4 aliphatic rings. The lowest BCUT2D eigenvalue weighted by Gasteiger charge is -2.46. The predicted octanol–water partition coefficient (Wildman–Crippen LogP) is 5.03. The number of hydrogen-bond acceptors (Lipinski definition) is 8. The molecule has 2 aliphatic carbocycles. The maximum absolute atomic E-state index is 13.6. The minimum Gasteiger partial charge on any atom is -0.490 e. The van der Waals surface area contributed by atoms with Crippen molar-refractivity contribution in [2.24, 2.45) is 11.8 Å². The summed E-state index contributed by atoms with van der Waals surface area (Å²) in [5.41, 5.74) is 3.28. The molecule has 2 bridgehead atoms. The Bertz CT molecular complexity index is 1570. The third-order valence-electron chi connectivity index (χ3n) is 10.5. The summed E-state index contributed by atoms with van der Waals surface area (Å²) in [6.45, 7) is 1.97. The van der Waals surface area contributed by atoms with Gasteiger partial charge in [0.25, 0.3) is 5.91 Å². The quantitative estimate of drug-likeness (QED) is 0.426. The number of ether oxygens (including phenoxy) is 3. The highest BCUT2D eigenvalue weighted by molar-refractivity contribution is 7.90.